The number of aryl methyl sites for hydroxylation is 1. The van der Waals surface area contributed by atoms with Gasteiger partial charge in [-0.2, -0.15) is 15.1 Å². The lowest BCUT2D eigenvalue weighted by atomic mass is 9.74. The number of rotatable bonds is 4. The van der Waals surface area contributed by atoms with Gasteiger partial charge in [0.2, 0.25) is 11.8 Å². The van der Waals surface area contributed by atoms with E-state index >= 15 is 0 Å². The number of hydrogen-bond donors (Lipinski definition) is 3. The van der Waals surface area contributed by atoms with Crippen LogP contribution in [-0.4, -0.2) is 16.7 Å². The second-order valence-electron chi connectivity index (χ2n) is 8.03. The molecule has 6 nitrogen and oxygen atoms in total. The van der Waals surface area contributed by atoms with E-state index in [4.69, 9.17) is 5.41 Å². The molecule has 1 aromatic heterocycles. The SMILES string of the molecule is Cc1cc[n+]([C@@H]2[C@@H](c3ccc(Br)cc3)C(C#N)=C(C(=C=N)C#N)N[C@]2(O)C2CC2)cc1. The molecule has 3 atom stereocenters. The molecule has 1 saturated carbocycles. The summed E-state index contributed by atoms with van der Waals surface area (Å²) in [6, 6.07) is 15.3. The Hall–Kier alpha value is -3.22. The smallest absolute Gasteiger partial charge is 0.216 e. The Bertz CT molecular complexity index is 1180. The van der Waals surface area contributed by atoms with Crippen molar-refractivity contribution in [1.29, 1.82) is 15.9 Å². The maximum atomic E-state index is 12.0. The lowest BCUT2D eigenvalue weighted by molar-refractivity contribution is -0.742. The summed E-state index contributed by atoms with van der Waals surface area (Å²) < 4.78 is 2.85. The molecule has 154 valence electrons. The molecule has 0 amide bonds. The molecule has 7 heteroatoms. The topological polar surface area (TPSA) is 108 Å². The monoisotopic (exact) mass is 474 g/mol. The van der Waals surface area contributed by atoms with E-state index < -0.39 is 17.7 Å². The van der Waals surface area contributed by atoms with Crippen molar-refractivity contribution < 1.29 is 9.67 Å². The number of hydrogen-bond acceptors (Lipinski definition) is 5. The van der Waals surface area contributed by atoms with Gasteiger partial charge < -0.3 is 10.4 Å². The van der Waals surface area contributed by atoms with Crippen LogP contribution in [-0.2, 0) is 0 Å². The fraction of sp³-hybridized carbons (Fsp3) is 0.292. The van der Waals surface area contributed by atoms with E-state index in [9.17, 15) is 15.6 Å². The van der Waals surface area contributed by atoms with Gasteiger partial charge in [0, 0.05) is 22.5 Å². The van der Waals surface area contributed by atoms with Gasteiger partial charge in [0.05, 0.1) is 23.3 Å². The molecule has 3 N–H and O–H groups in total. The normalized spacial score (nSPS) is 25.1. The van der Waals surface area contributed by atoms with Crippen molar-refractivity contribution >= 4 is 21.8 Å². The highest BCUT2D eigenvalue weighted by Crippen LogP contribution is 2.52. The Morgan fingerprint density at radius 1 is 1.19 bits per heavy atom. The van der Waals surface area contributed by atoms with Crippen LogP contribution >= 0.6 is 15.9 Å². The summed E-state index contributed by atoms with van der Waals surface area (Å²) in [6.45, 7) is 2.00. The van der Waals surface area contributed by atoms with Crippen LogP contribution in [0.5, 0.6) is 0 Å². The van der Waals surface area contributed by atoms with Crippen molar-refractivity contribution in [2.24, 2.45) is 5.92 Å². The third kappa shape index (κ3) is 3.69. The minimum atomic E-state index is -1.40. The number of pyridine rings is 1. The van der Waals surface area contributed by atoms with Crippen molar-refractivity contribution in [2.75, 3.05) is 0 Å². The Morgan fingerprint density at radius 3 is 2.35 bits per heavy atom. The molecule has 1 aliphatic heterocycles. The van der Waals surface area contributed by atoms with Gasteiger partial charge in [-0.15, -0.1) is 0 Å². The molecule has 31 heavy (non-hydrogen) atoms. The number of allylic oxidation sites excluding steroid dienone is 2. The molecule has 0 radical (unpaired) electrons. The average Bonchev–Trinajstić information content (AvgIpc) is 3.62. The first-order valence-corrected chi connectivity index (χ1v) is 10.8. The van der Waals surface area contributed by atoms with Gasteiger partial charge in [-0.3, -0.25) is 5.41 Å². The fourth-order valence-corrected chi connectivity index (χ4v) is 4.63. The number of nitrogens with one attached hydrogen (secondary N) is 2. The zero-order chi connectivity index (χ0) is 22.2. The minimum Gasteiger partial charge on any atom is -0.365 e. The van der Waals surface area contributed by atoms with Gasteiger partial charge in [-0.1, -0.05) is 28.1 Å². The van der Waals surface area contributed by atoms with Gasteiger partial charge in [0.25, 0.3) is 0 Å². The van der Waals surface area contributed by atoms with E-state index in [2.05, 4.69) is 33.2 Å². The quantitative estimate of drug-likeness (QED) is 0.357. The summed E-state index contributed by atoms with van der Waals surface area (Å²) in [5, 5.41) is 42.4. The van der Waals surface area contributed by atoms with Crippen LogP contribution in [0, 0.1) is 40.9 Å². The zero-order valence-corrected chi connectivity index (χ0v) is 18.5. The molecule has 1 aliphatic carbocycles. The van der Waals surface area contributed by atoms with E-state index in [0.717, 1.165) is 28.4 Å². The summed E-state index contributed by atoms with van der Waals surface area (Å²) in [4.78, 5) is 0. The molecule has 0 bridgehead atoms. The highest BCUT2D eigenvalue weighted by molar-refractivity contribution is 9.10. The van der Waals surface area contributed by atoms with Crippen LogP contribution < -0.4 is 9.88 Å². The van der Waals surface area contributed by atoms with Crippen LogP contribution in [0.3, 0.4) is 0 Å². The number of benzene rings is 1. The lowest BCUT2D eigenvalue weighted by Gasteiger charge is -2.43. The van der Waals surface area contributed by atoms with E-state index in [-0.39, 0.29) is 17.2 Å². The molecule has 1 fully saturated rings. The van der Waals surface area contributed by atoms with Crippen LogP contribution in [0.15, 0.2) is 70.1 Å². The van der Waals surface area contributed by atoms with Crippen LogP contribution in [0.4, 0.5) is 0 Å². The molecule has 4 rings (SSSR count). The van der Waals surface area contributed by atoms with Crippen LogP contribution in [0.2, 0.25) is 0 Å². The standard InChI is InChI=1S/C24H21BrN5O/c1-15-8-10-30(11-9-15)23-21(16-2-6-19(25)7-3-16)20(14-28)22(17(12-26)13-27)29-24(23,31)18-4-5-18/h2-3,6-11,18,21,23,26,29,31H,4-5H2,1H3/q+1/t21-,23+,24-/m0/s1. The molecule has 0 spiro atoms. The Labute approximate surface area is 189 Å². The number of nitriles is 2. The second-order valence-corrected chi connectivity index (χ2v) is 8.95. The molecule has 0 unspecified atom stereocenters. The first kappa shape index (κ1) is 21.0. The highest BCUT2D eigenvalue weighted by Gasteiger charge is 2.61. The van der Waals surface area contributed by atoms with Crippen molar-refractivity contribution in [3.8, 4) is 12.1 Å². The third-order valence-electron chi connectivity index (χ3n) is 6.05. The predicted octanol–water partition coefficient (Wildman–Crippen LogP) is 3.55. The molecule has 2 aromatic rings. The first-order chi connectivity index (χ1) is 14.9. The fourth-order valence-electron chi connectivity index (χ4n) is 4.36. The van der Waals surface area contributed by atoms with Gasteiger partial charge in [-0.25, -0.2) is 0 Å². The third-order valence-corrected chi connectivity index (χ3v) is 6.58. The van der Waals surface area contributed by atoms with Gasteiger partial charge in [0.1, 0.15) is 11.6 Å². The van der Waals surface area contributed by atoms with Crippen LogP contribution in [0.25, 0.3) is 0 Å². The largest absolute Gasteiger partial charge is 0.365 e. The maximum absolute atomic E-state index is 12.0. The Kier molecular flexibility index (Phi) is 5.52. The minimum absolute atomic E-state index is 0.0369. The lowest BCUT2D eigenvalue weighted by Crippen LogP contribution is -2.66. The van der Waals surface area contributed by atoms with Gasteiger partial charge in [0.15, 0.2) is 12.4 Å². The van der Waals surface area contributed by atoms with Gasteiger partial charge >= 0.3 is 0 Å². The van der Waals surface area contributed by atoms with E-state index in [1.54, 1.807) is 0 Å². The molecule has 0 saturated heterocycles. The maximum Gasteiger partial charge on any atom is 0.216 e. The average molecular weight is 475 g/mol. The summed E-state index contributed by atoms with van der Waals surface area (Å²) in [6.07, 6.45) is 5.51. The van der Waals surface area contributed by atoms with E-state index in [1.165, 1.54) is 0 Å². The van der Waals surface area contributed by atoms with Gasteiger partial charge in [-0.05, 0) is 48.9 Å². The van der Waals surface area contributed by atoms with E-state index in [1.807, 2.05) is 66.4 Å². The Morgan fingerprint density at radius 2 is 1.84 bits per heavy atom. The molecular weight excluding hydrogens is 454 g/mol. The van der Waals surface area contributed by atoms with E-state index in [0.29, 0.717) is 5.57 Å². The summed E-state index contributed by atoms with van der Waals surface area (Å²) in [5.41, 5.74) is 0.939. The van der Waals surface area contributed by atoms with Crippen molar-refractivity contribution in [2.45, 2.75) is 37.5 Å². The Balaban J connectivity index is 2.03. The molecular formula is C24H21BrN5O+. The summed E-state index contributed by atoms with van der Waals surface area (Å²) in [5.74, 6) is 1.57. The van der Waals surface area contributed by atoms with Crippen molar-refractivity contribution in [1.82, 2.24) is 5.32 Å². The summed E-state index contributed by atoms with van der Waals surface area (Å²) in [7, 11) is 0. The van der Waals surface area contributed by atoms with Crippen molar-refractivity contribution in [3.63, 3.8) is 0 Å². The zero-order valence-electron chi connectivity index (χ0n) is 16.9. The number of nitrogens with zero attached hydrogens (tertiary/aromatic N) is 3. The number of aliphatic hydroxyl groups is 1. The molecule has 2 aliphatic rings. The highest BCUT2D eigenvalue weighted by atomic mass is 79.9. The number of aromatic nitrogens is 1. The molecule has 2 heterocycles. The van der Waals surface area contributed by atoms with Crippen molar-refractivity contribution in [3.05, 3.63) is 81.2 Å². The molecule has 1 aromatic carbocycles. The van der Waals surface area contributed by atoms with Crippen LogP contribution in [0.1, 0.15) is 35.9 Å². The predicted molar refractivity (Wildman–Crippen MR) is 118 cm³/mol. The number of halogens is 1. The first-order valence-electron chi connectivity index (χ1n) is 10.0. The summed E-state index contributed by atoms with van der Waals surface area (Å²) >= 11 is 3.46. The second kappa shape index (κ2) is 8.13.